The van der Waals surface area contributed by atoms with Crippen LogP contribution >= 0.6 is 24.0 Å². The first-order valence-corrected chi connectivity index (χ1v) is 9.77. The molecule has 0 bridgehead atoms. The molecule has 1 aromatic heterocycles. The quantitative estimate of drug-likeness (QED) is 0.226. The van der Waals surface area contributed by atoms with Crippen molar-refractivity contribution in [1.29, 1.82) is 0 Å². The number of rotatable bonds is 8. The number of aliphatic imine (C=N–C) groups is 1. The van der Waals surface area contributed by atoms with Crippen LogP contribution in [0, 0.1) is 5.92 Å². The molecule has 27 heavy (non-hydrogen) atoms. The minimum Gasteiger partial charge on any atom is -0.468 e. The van der Waals surface area contributed by atoms with E-state index in [9.17, 15) is 4.79 Å². The number of furan rings is 1. The summed E-state index contributed by atoms with van der Waals surface area (Å²) in [7, 11) is 1.76. The van der Waals surface area contributed by atoms with Gasteiger partial charge in [-0.1, -0.05) is 6.42 Å². The van der Waals surface area contributed by atoms with E-state index >= 15 is 0 Å². The Kier molecular flexibility index (Phi) is 9.40. The molecular formula is C19H32IN5O2. The molecule has 1 saturated carbocycles. The molecule has 1 unspecified atom stereocenters. The topological polar surface area (TPSA) is 81.9 Å². The third kappa shape index (κ3) is 6.99. The van der Waals surface area contributed by atoms with Gasteiger partial charge in [0.2, 0.25) is 5.91 Å². The van der Waals surface area contributed by atoms with Gasteiger partial charge in [-0.05, 0) is 50.9 Å². The third-order valence-electron chi connectivity index (χ3n) is 5.05. The van der Waals surface area contributed by atoms with Crippen LogP contribution in [0.1, 0.15) is 43.9 Å². The lowest BCUT2D eigenvalue weighted by Crippen LogP contribution is -2.46. The van der Waals surface area contributed by atoms with E-state index in [1.165, 1.54) is 19.3 Å². The molecule has 152 valence electrons. The van der Waals surface area contributed by atoms with Gasteiger partial charge in [0.05, 0.1) is 12.3 Å². The van der Waals surface area contributed by atoms with E-state index in [2.05, 4.69) is 25.8 Å². The van der Waals surface area contributed by atoms with Gasteiger partial charge in [-0.3, -0.25) is 14.7 Å². The van der Waals surface area contributed by atoms with Gasteiger partial charge in [-0.2, -0.15) is 0 Å². The number of hydrogen-bond acceptors (Lipinski definition) is 4. The van der Waals surface area contributed by atoms with Crippen molar-refractivity contribution in [1.82, 2.24) is 20.9 Å². The van der Waals surface area contributed by atoms with Gasteiger partial charge in [0, 0.05) is 32.6 Å². The van der Waals surface area contributed by atoms with Crippen LogP contribution in [0.15, 0.2) is 27.8 Å². The van der Waals surface area contributed by atoms with Crippen LogP contribution in [0.3, 0.4) is 0 Å². The Balaban J connectivity index is 0.00000261. The summed E-state index contributed by atoms with van der Waals surface area (Å²) in [6.45, 7) is 4.22. The van der Waals surface area contributed by atoms with Crippen LogP contribution in [-0.2, 0) is 4.79 Å². The smallest absolute Gasteiger partial charge is 0.223 e. The molecule has 1 saturated heterocycles. The van der Waals surface area contributed by atoms with Gasteiger partial charge in [-0.15, -0.1) is 24.0 Å². The highest BCUT2D eigenvalue weighted by Gasteiger charge is 2.29. The second-order valence-corrected chi connectivity index (χ2v) is 7.07. The molecule has 3 rings (SSSR count). The number of nitrogens with one attached hydrogen (secondary N) is 3. The Bertz CT molecular complexity index is 583. The molecule has 8 heteroatoms. The first kappa shape index (κ1) is 22.0. The predicted octanol–water partition coefficient (Wildman–Crippen LogP) is 2.12. The SMILES string of the molecule is CN=C(NCCNC(=O)C1CC1)NCC(c1ccco1)N1CCCCC1.I. The van der Waals surface area contributed by atoms with E-state index in [0.29, 0.717) is 13.1 Å². The molecule has 2 heterocycles. The van der Waals surface area contributed by atoms with Gasteiger partial charge >= 0.3 is 0 Å². The normalized spacial score (nSPS) is 19.1. The number of amides is 1. The van der Waals surface area contributed by atoms with Crippen LogP contribution < -0.4 is 16.0 Å². The Morgan fingerprint density at radius 3 is 2.59 bits per heavy atom. The molecule has 0 aromatic carbocycles. The molecule has 1 aliphatic heterocycles. The third-order valence-corrected chi connectivity index (χ3v) is 5.05. The second kappa shape index (κ2) is 11.5. The summed E-state index contributed by atoms with van der Waals surface area (Å²) in [5.74, 6) is 2.18. The summed E-state index contributed by atoms with van der Waals surface area (Å²) >= 11 is 0. The zero-order chi connectivity index (χ0) is 18.2. The maximum atomic E-state index is 11.6. The monoisotopic (exact) mass is 489 g/mol. The van der Waals surface area contributed by atoms with Crippen molar-refractivity contribution in [2.45, 2.75) is 38.1 Å². The second-order valence-electron chi connectivity index (χ2n) is 7.07. The van der Waals surface area contributed by atoms with Crippen molar-refractivity contribution >= 4 is 35.8 Å². The van der Waals surface area contributed by atoms with E-state index < -0.39 is 0 Å². The van der Waals surface area contributed by atoms with Crippen LogP contribution in [0.2, 0.25) is 0 Å². The maximum Gasteiger partial charge on any atom is 0.223 e. The number of nitrogens with zero attached hydrogens (tertiary/aromatic N) is 2. The zero-order valence-electron chi connectivity index (χ0n) is 16.1. The summed E-state index contributed by atoms with van der Waals surface area (Å²) < 4.78 is 5.68. The lowest BCUT2D eigenvalue weighted by molar-refractivity contribution is -0.122. The first-order chi connectivity index (χ1) is 12.8. The molecule has 2 fully saturated rings. The van der Waals surface area contributed by atoms with E-state index in [4.69, 9.17) is 4.42 Å². The Hall–Kier alpha value is -1.29. The van der Waals surface area contributed by atoms with Gasteiger partial charge in [-0.25, -0.2) is 0 Å². The molecule has 3 N–H and O–H groups in total. The first-order valence-electron chi connectivity index (χ1n) is 9.77. The number of carbonyl (C=O) groups is 1. The van der Waals surface area contributed by atoms with Crippen LogP contribution in [0.5, 0.6) is 0 Å². The Morgan fingerprint density at radius 2 is 1.96 bits per heavy atom. The molecular weight excluding hydrogens is 457 g/mol. The molecule has 7 nitrogen and oxygen atoms in total. The van der Waals surface area contributed by atoms with E-state index in [0.717, 1.165) is 44.2 Å². The summed E-state index contributed by atoms with van der Waals surface area (Å²) in [6.07, 6.45) is 7.60. The Morgan fingerprint density at radius 1 is 1.22 bits per heavy atom. The number of guanidine groups is 1. The number of piperidine rings is 1. The van der Waals surface area contributed by atoms with E-state index in [1.807, 2.05) is 12.1 Å². The van der Waals surface area contributed by atoms with E-state index in [1.54, 1.807) is 13.3 Å². The zero-order valence-corrected chi connectivity index (χ0v) is 18.4. The highest BCUT2D eigenvalue weighted by atomic mass is 127. The van der Waals surface area contributed by atoms with Crippen LogP contribution in [0.4, 0.5) is 0 Å². The minimum atomic E-state index is 0. The van der Waals surface area contributed by atoms with Gasteiger partial charge in [0.15, 0.2) is 5.96 Å². The fraction of sp³-hybridized carbons (Fsp3) is 0.684. The summed E-state index contributed by atoms with van der Waals surface area (Å²) in [5.41, 5.74) is 0. The van der Waals surface area contributed by atoms with Crippen molar-refractivity contribution in [3.63, 3.8) is 0 Å². The van der Waals surface area contributed by atoms with Crippen molar-refractivity contribution in [3.8, 4) is 0 Å². The van der Waals surface area contributed by atoms with Crippen LogP contribution in [-0.4, -0.2) is 56.5 Å². The van der Waals surface area contributed by atoms with Crippen molar-refractivity contribution in [2.75, 3.05) is 39.8 Å². The van der Waals surface area contributed by atoms with Crippen molar-refractivity contribution in [3.05, 3.63) is 24.2 Å². The van der Waals surface area contributed by atoms with Crippen molar-refractivity contribution < 1.29 is 9.21 Å². The highest BCUT2D eigenvalue weighted by molar-refractivity contribution is 14.0. The fourth-order valence-corrected chi connectivity index (χ4v) is 3.39. The molecule has 1 aromatic rings. The molecule has 1 amide bonds. The molecule has 1 aliphatic carbocycles. The predicted molar refractivity (Wildman–Crippen MR) is 117 cm³/mol. The lowest BCUT2D eigenvalue weighted by Gasteiger charge is -2.33. The standard InChI is InChI=1S/C19H31N5O2.HI/c1-20-19(22-10-9-21-18(25)15-7-8-15)23-14-16(17-6-5-13-26-17)24-11-3-2-4-12-24;/h5-6,13,15-16H,2-4,7-12,14H2,1H3,(H,21,25)(H2,20,22,23);1H. The maximum absolute atomic E-state index is 11.6. The lowest BCUT2D eigenvalue weighted by atomic mass is 10.1. The summed E-state index contributed by atoms with van der Waals surface area (Å²) in [5, 5.41) is 9.62. The van der Waals surface area contributed by atoms with Crippen molar-refractivity contribution in [2.24, 2.45) is 10.9 Å². The van der Waals surface area contributed by atoms with E-state index in [-0.39, 0.29) is 41.8 Å². The van der Waals surface area contributed by atoms with Gasteiger partial charge in [0.1, 0.15) is 5.76 Å². The largest absolute Gasteiger partial charge is 0.468 e. The average molecular weight is 489 g/mol. The average Bonchev–Trinajstić information content (AvgIpc) is 3.40. The molecule has 1 atom stereocenters. The molecule has 0 spiro atoms. The highest BCUT2D eigenvalue weighted by Crippen LogP contribution is 2.28. The van der Waals surface area contributed by atoms with Crippen LogP contribution in [0.25, 0.3) is 0 Å². The fourth-order valence-electron chi connectivity index (χ4n) is 3.39. The summed E-state index contributed by atoms with van der Waals surface area (Å²) in [6, 6.07) is 4.20. The van der Waals surface area contributed by atoms with Gasteiger partial charge in [0.25, 0.3) is 0 Å². The number of halogens is 1. The molecule has 2 aliphatic rings. The van der Waals surface area contributed by atoms with Gasteiger partial charge < -0.3 is 20.4 Å². The number of carbonyl (C=O) groups excluding carboxylic acids is 1. The number of hydrogen-bond donors (Lipinski definition) is 3. The summed E-state index contributed by atoms with van der Waals surface area (Å²) in [4.78, 5) is 18.4. The number of likely N-dealkylation sites (tertiary alicyclic amines) is 1. The molecule has 0 radical (unpaired) electrons. The Labute approximate surface area is 178 Å². The minimum absolute atomic E-state index is 0.